The number of ether oxygens (including phenoxy) is 1. The van der Waals surface area contributed by atoms with E-state index in [0.29, 0.717) is 77.8 Å². The van der Waals surface area contributed by atoms with E-state index in [0.717, 1.165) is 18.4 Å². The zero-order chi connectivity index (χ0) is 30.0. The highest BCUT2D eigenvalue weighted by Crippen LogP contribution is 2.36. The Morgan fingerprint density at radius 1 is 1.12 bits per heavy atom. The van der Waals surface area contributed by atoms with Crippen molar-refractivity contribution in [2.24, 2.45) is 17.1 Å². The first-order valence-electron chi connectivity index (χ1n) is 15.5. The van der Waals surface area contributed by atoms with E-state index in [-0.39, 0.29) is 35.6 Å². The molecule has 3 aliphatic heterocycles. The Hall–Kier alpha value is -3.24. The van der Waals surface area contributed by atoms with Crippen LogP contribution in [0.1, 0.15) is 63.9 Å². The molecule has 10 nitrogen and oxygen atoms in total. The topological polar surface area (TPSA) is 143 Å². The van der Waals surface area contributed by atoms with Crippen LogP contribution in [0.2, 0.25) is 0 Å². The second-order valence-corrected chi connectivity index (χ2v) is 12.0. The second kappa shape index (κ2) is 15.3. The third-order valence-electron chi connectivity index (χ3n) is 8.95. The summed E-state index contributed by atoms with van der Waals surface area (Å²) in [4.78, 5) is 54.8. The summed E-state index contributed by atoms with van der Waals surface area (Å²) >= 11 is 0. The number of nitrogens with two attached hydrogens (primary N) is 1. The van der Waals surface area contributed by atoms with Gasteiger partial charge in [-0.25, -0.2) is 0 Å². The predicted molar refractivity (Wildman–Crippen MR) is 160 cm³/mol. The third kappa shape index (κ3) is 8.41. The summed E-state index contributed by atoms with van der Waals surface area (Å²) in [7, 11) is 0. The van der Waals surface area contributed by atoms with Crippen LogP contribution in [0, 0.1) is 11.3 Å². The minimum absolute atomic E-state index is 0.00284. The van der Waals surface area contributed by atoms with Crippen molar-refractivity contribution in [1.82, 2.24) is 20.9 Å². The molecule has 0 unspecified atom stereocenters. The van der Waals surface area contributed by atoms with Gasteiger partial charge in [-0.05, 0) is 63.5 Å². The van der Waals surface area contributed by atoms with Crippen LogP contribution in [0.15, 0.2) is 42.5 Å². The lowest BCUT2D eigenvalue weighted by atomic mass is 9.75. The summed E-state index contributed by atoms with van der Waals surface area (Å²) in [5.41, 5.74) is 6.00. The summed E-state index contributed by atoms with van der Waals surface area (Å²) in [5, 5.41) is 9.20. The molecule has 2 fully saturated rings. The lowest BCUT2D eigenvalue weighted by Crippen LogP contribution is -2.59. The molecule has 230 valence electrons. The quantitative estimate of drug-likeness (QED) is 0.273. The van der Waals surface area contributed by atoms with Crippen LogP contribution >= 0.6 is 0 Å². The lowest BCUT2D eigenvalue weighted by molar-refractivity contribution is -0.141. The number of likely N-dealkylation sites (tertiary alicyclic amines) is 1. The number of nitrogens with one attached hydrogen (secondary N) is 3. The van der Waals surface area contributed by atoms with Crippen LogP contribution < -0.4 is 21.7 Å². The molecule has 0 aliphatic carbocycles. The van der Waals surface area contributed by atoms with Crippen LogP contribution in [0.5, 0.6) is 0 Å². The van der Waals surface area contributed by atoms with Crippen molar-refractivity contribution in [3.05, 3.63) is 48.0 Å². The fourth-order valence-corrected chi connectivity index (χ4v) is 6.40. The van der Waals surface area contributed by atoms with Gasteiger partial charge in [0.25, 0.3) is 0 Å². The first-order chi connectivity index (χ1) is 20.3. The van der Waals surface area contributed by atoms with E-state index in [2.05, 4.69) is 28.1 Å². The van der Waals surface area contributed by atoms with Crippen molar-refractivity contribution < 1.29 is 23.9 Å². The van der Waals surface area contributed by atoms with Gasteiger partial charge in [0.2, 0.25) is 23.6 Å². The van der Waals surface area contributed by atoms with Gasteiger partial charge in [0, 0.05) is 51.6 Å². The number of fused-ring (bicyclic) bond motifs is 1. The van der Waals surface area contributed by atoms with Crippen molar-refractivity contribution in [3.63, 3.8) is 0 Å². The number of rotatable bonds is 8. The fourth-order valence-electron chi connectivity index (χ4n) is 6.40. The number of carbonyl (C=O) groups is 4. The molecule has 5 N–H and O–H groups in total. The van der Waals surface area contributed by atoms with Gasteiger partial charge >= 0.3 is 0 Å². The van der Waals surface area contributed by atoms with E-state index in [1.165, 1.54) is 6.92 Å². The molecule has 0 bridgehead atoms. The van der Waals surface area contributed by atoms with Crippen molar-refractivity contribution in [1.29, 1.82) is 0 Å². The normalized spacial score (nSPS) is 26.0. The Bertz CT molecular complexity index is 1100. The smallest absolute Gasteiger partial charge is 0.245 e. The molecule has 42 heavy (non-hydrogen) atoms. The maximum absolute atomic E-state index is 13.8. The van der Waals surface area contributed by atoms with Gasteiger partial charge in [0.05, 0.1) is 5.41 Å². The Labute approximate surface area is 249 Å². The van der Waals surface area contributed by atoms with E-state index in [9.17, 15) is 19.2 Å². The summed E-state index contributed by atoms with van der Waals surface area (Å²) in [6.45, 7) is 3.96. The minimum Gasteiger partial charge on any atom is -0.381 e. The third-order valence-corrected chi connectivity index (χ3v) is 8.95. The minimum atomic E-state index is -0.713. The van der Waals surface area contributed by atoms with Crippen molar-refractivity contribution >= 4 is 23.6 Å². The van der Waals surface area contributed by atoms with Gasteiger partial charge in [-0.2, -0.15) is 0 Å². The van der Waals surface area contributed by atoms with E-state index in [1.807, 2.05) is 35.2 Å². The summed E-state index contributed by atoms with van der Waals surface area (Å²) in [6.07, 6.45) is 9.72. The van der Waals surface area contributed by atoms with Crippen molar-refractivity contribution in [2.75, 3.05) is 32.8 Å². The Morgan fingerprint density at radius 3 is 2.60 bits per heavy atom. The van der Waals surface area contributed by atoms with Crippen LogP contribution in [-0.2, 0) is 30.3 Å². The van der Waals surface area contributed by atoms with Crippen molar-refractivity contribution in [3.8, 4) is 0 Å². The number of piperidine rings is 1. The number of carbonyl (C=O) groups excluding carboxylic acids is 4. The largest absolute Gasteiger partial charge is 0.381 e. The van der Waals surface area contributed by atoms with Crippen molar-refractivity contribution in [2.45, 2.75) is 82.8 Å². The van der Waals surface area contributed by atoms with Crippen LogP contribution in [0.3, 0.4) is 0 Å². The molecule has 1 spiro atoms. The van der Waals surface area contributed by atoms with Crippen LogP contribution in [-0.4, -0.2) is 79.5 Å². The first-order valence-corrected chi connectivity index (χ1v) is 15.5. The van der Waals surface area contributed by atoms with Gasteiger partial charge in [-0.1, -0.05) is 42.5 Å². The molecular formula is C32H47N5O5. The molecule has 4 amide bonds. The summed E-state index contributed by atoms with van der Waals surface area (Å²) in [6, 6.07) is 8.29. The molecule has 4 atom stereocenters. The fraction of sp³-hybridized carbons (Fsp3) is 0.625. The average Bonchev–Trinajstić information content (AvgIpc) is 2.99. The number of allylic oxidation sites excluding steroid dienone is 2. The van der Waals surface area contributed by atoms with E-state index in [1.54, 1.807) is 0 Å². The number of hydrogen-bond donors (Lipinski definition) is 4. The van der Waals surface area contributed by atoms with E-state index in [4.69, 9.17) is 10.5 Å². The maximum atomic E-state index is 13.8. The molecule has 2 saturated heterocycles. The zero-order valence-corrected chi connectivity index (χ0v) is 24.8. The van der Waals surface area contributed by atoms with Gasteiger partial charge in [-0.3, -0.25) is 19.2 Å². The summed E-state index contributed by atoms with van der Waals surface area (Å²) in [5.74, 6) is -0.611. The zero-order valence-electron chi connectivity index (χ0n) is 24.8. The Balaban J connectivity index is 1.55. The molecule has 3 aliphatic rings. The second-order valence-electron chi connectivity index (χ2n) is 12.0. The van der Waals surface area contributed by atoms with Crippen LogP contribution in [0.25, 0.3) is 0 Å². The summed E-state index contributed by atoms with van der Waals surface area (Å²) < 4.78 is 5.59. The van der Waals surface area contributed by atoms with Gasteiger partial charge in [0.1, 0.15) is 12.1 Å². The highest BCUT2D eigenvalue weighted by molar-refractivity contribution is 5.91. The molecular weight excluding hydrogens is 534 g/mol. The standard InChI is InChI=1S/C32H47N5O5/c1-23(38)34-27(12-6-8-17-33)30(40)37-18-13-26-25(22-37)11-5-7-14-32(15-19-42-20-16-32)31(41)36-28(29(39)35-26)21-24-9-3-2-4-10-24/h2-5,7,9-10,25-28H,6,8,11-22,33H2,1H3,(H,34,38)(H,35,39)(H,36,41)/b7-5+/t25-,26+,27+,28+/m1/s1. The van der Waals surface area contributed by atoms with Gasteiger partial charge in [0.15, 0.2) is 0 Å². The van der Waals surface area contributed by atoms with Gasteiger partial charge < -0.3 is 31.3 Å². The number of benzene rings is 1. The molecule has 0 aromatic heterocycles. The van der Waals surface area contributed by atoms with Crippen LogP contribution in [0.4, 0.5) is 0 Å². The molecule has 0 saturated carbocycles. The highest BCUT2D eigenvalue weighted by Gasteiger charge is 2.42. The van der Waals surface area contributed by atoms with Gasteiger partial charge in [-0.15, -0.1) is 0 Å². The monoisotopic (exact) mass is 581 g/mol. The highest BCUT2D eigenvalue weighted by atomic mass is 16.5. The number of nitrogens with zero attached hydrogens (tertiary/aromatic N) is 1. The van der Waals surface area contributed by atoms with E-state index < -0.39 is 17.5 Å². The molecule has 1 aromatic carbocycles. The molecule has 1 aromatic rings. The maximum Gasteiger partial charge on any atom is 0.245 e. The Kier molecular flexibility index (Phi) is 11.5. The first kappa shape index (κ1) is 31.7. The average molecular weight is 582 g/mol. The Morgan fingerprint density at radius 2 is 1.88 bits per heavy atom. The van der Waals surface area contributed by atoms with E-state index >= 15 is 0 Å². The number of unbranched alkanes of at least 4 members (excludes halogenated alkanes) is 1. The SMILES string of the molecule is CC(=O)N[C@@H](CCCCN)C(=O)N1CC[C@@H]2NC(=O)[C@H](Cc3ccccc3)NC(=O)C3(C/C=C/C[C@@H]2C1)CCOCC3. The molecule has 10 heteroatoms. The number of amides is 4. The predicted octanol–water partition coefficient (Wildman–Crippen LogP) is 1.83. The molecule has 0 radical (unpaired) electrons. The number of hydrogen-bond acceptors (Lipinski definition) is 6. The lowest BCUT2D eigenvalue weighted by Gasteiger charge is -2.41. The molecule has 3 heterocycles. The molecule has 4 rings (SSSR count).